The van der Waals surface area contributed by atoms with Crippen LogP contribution in [0.1, 0.15) is 50.5 Å². The molecule has 152 valence electrons. The number of likely N-dealkylation sites (tertiary alicyclic amines) is 2. The van der Waals surface area contributed by atoms with E-state index in [1.807, 2.05) is 11.0 Å². The molecule has 0 aliphatic carbocycles. The predicted molar refractivity (Wildman–Crippen MR) is 114 cm³/mol. The Hall–Kier alpha value is -1.82. The van der Waals surface area contributed by atoms with Gasteiger partial charge in [-0.15, -0.1) is 11.3 Å². The van der Waals surface area contributed by atoms with Gasteiger partial charge in [-0.05, 0) is 55.5 Å². The molecule has 4 heterocycles. The van der Waals surface area contributed by atoms with Crippen molar-refractivity contribution in [2.24, 2.45) is 17.8 Å². The van der Waals surface area contributed by atoms with E-state index in [9.17, 15) is 9.59 Å². The predicted octanol–water partition coefficient (Wildman–Crippen LogP) is 4.08. The molecule has 6 heteroatoms. The van der Waals surface area contributed by atoms with Crippen LogP contribution in [0.4, 0.5) is 0 Å². The van der Waals surface area contributed by atoms with E-state index in [4.69, 9.17) is 0 Å². The van der Waals surface area contributed by atoms with Crippen molar-refractivity contribution >= 4 is 33.4 Å². The second kappa shape index (κ2) is 7.90. The Balaban J connectivity index is 1.40. The molecule has 0 N–H and O–H groups in total. The molecule has 2 saturated heterocycles. The quantitative estimate of drug-likeness (QED) is 0.778. The normalized spacial score (nSPS) is 24.1. The van der Waals surface area contributed by atoms with Gasteiger partial charge in [0, 0.05) is 38.6 Å². The lowest BCUT2D eigenvalue weighted by atomic mass is 9.89. The second-order valence-electron chi connectivity index (χ2n) is 8.70. The fourth-order valence-corrected chi connectivity index (χ4v) is 5.91. The van der Waals surface area contributed by atoms with Crippen LogP contribution in [0.25, 0.3) is 10.2 Å². The van der Waals surface area contributed by atoms with Crippen LogP contribution < -0.4 is 0 Å². The van der Waals surface area contributed by atoms with Gasteiger partial charge in [0.1, 0.15) is 5.69 Å². The van der Waals surface area contributed by atoms with E-state index in [0.29, 0.717) is 30.8 Å². The Morgan fingerprint density at radius 3 is 2.43 bits per heavy atom. The minimum absolute atomic E-state index is 0.0722. The van der Waals surface area contributed by atoms with Gasteiger partial charge in [-0.1, -0.05) is 13.8 Å². The molecule has 2 aliphatic heterocycles. The highest BCUT2D eigenvalue weighted by atomic mass is 32.1. The third kappa shape index (κ3) is 3.59. The van der Waals surface area contributed by atoms with E-state index in [1.165, 1.54) is 11.1 Å². The molecular weight excluding hydrogens is 370 g/mol. The molecule has 2 amide bonds. The fourth-order valence-electron chi connectivity index (χ4n) is 5.09. The second-order valence-corrected chi connectivity index (χ2v) is 9.65. The molecule has 0 saturated carbocycles. The summed E-state index contributed by atoms with van der Waals surface area (Å²) in [5.74, 6) is 1.66. The average molecular weight is 402 g/mol. The summed E-state index contributed by atoms with van der Waals surface area (Å²) < 4.78 is 3.28. The molecule has 0 bridgehead atoms. The van der Waals surface area contributed by atoms with Crippen molar-refractivity contribution in [2.45, 2.75) is 46.6 Å². The summed E-state index contributed by atoms with van der Waals surface area (Å²) in [6, 6.07) is 4.12. The van der Waals surface area contributed by atoms with E-state index < -0.39 is 0 Å². The van der Waals surface area contributed by atoms with Gasteiger partial charge in [0.05, 0.1) is 10.2 Å². The first-order valence-electron chi connectivity index (χ1n) is 10.6. The van der Waals surface area contributed by atoms with E-state index >= 15 is 0 Å². The van der Waals surface area contributed by atoms with Crippen LogP contribution in [0.15, 0.2) is 17.5 Å². The highest BCUT2D eigenvalue weighted by molar-refractivity contribution is 7.17. The van der Waals surface area contributed by atoms with Gasteiger partial charge in [-0.3, -0.25) is 9.59 Å². The third-order valence-electron chi connectivity index (χ3n) is 6.37. The number of amides is 2. The number of rotatable bonds is 3. The van der Waals surface area contributed by atoms with Crippen LogP contribution in [-0.4, -0.2) is 52.4 Å². The molecular formula is C22H31N3O2S. The topological polar surface area (TPSA) is 45.6 Å². The number of aryl methyl sites for hydroxylation is 1. The maximum absolute atomic E-state index is 13.1. The van der Waals surface area contributed by atoms with Crippen molar-refractivity contribution in [1.82, 2.24) is 14.4 Å². The van der Waals surface area contributed by atoms with Crippen LogP contribution in [0.2, 0.25) is 0 Å². The number of carbonyl (C=O) groups is 2. The maximum Gasteiger partial charge on any atom is 0.270 e. The highest BCUT2D eigenvalue weighted by Crippen LogP contribution is 2.29. The number of hydrogen-bond donors (Lipinski definition) is 0. The van der Waals surface area contributed by atoms with Crippen LogP contribution in [0.3, 0.4) is 0 Å². The van der Waals surface area contributed by atoms with Crippen LogP contribution in [0.5, 0.6) is 0 Å². The molecule has 2 aromatic rings. The minimum Gasteiger partial charge on any atom is -0.342 e. The van der Waals surface area contributed by atoms with E-state index in [2.05, 4.69) is 41.7 Å². The summed E-state index contributed by atoms with van der Waals surface area (Å²) in [4.78, 5) is 30.1. The van der Waals surface area contributed by atoms with Gasteiger partial charge < -0.3 is 14.4 Å². The first-order valence-corrected chi connectivity index (χ1v) is 11.5. The van der Waals surface area contributed by atoms with Crippen LogP contribution in [0, 0.1) is 17.8 Å². The third-order valence-corrected chi connectivity index (χ3v) is 7.22. The van der Waals surface area contributed by atoms with Gasteiger partial charge in [-0.2, -0.15) is 0 Å². The Bertz CT molecular complexity index is 852. The van der Waals surface area contributed by atoms with Crippen molar-refractivity contribution in [2.75, 3.05) is 26.2 Å². The lowest BCUT2D eigenvalue weighted by molar-refractivity contribution is -0.139. The number of thiophene rings is 1. The molecule has 2 atom stereocenters. The van der Waals surface area contributed by atoms with Crippen molar-refractivity contribution in [1.29, 1.82) is 0 Å². The molecule has 0 unspecified atom stereocenters. The summed E-state index contributed by atoms with van der Waals surface area (Å²) in [6.45, 7) is 10.5. The van der Waals surface area contributed by atoms with E-state index in [0.717, 1.165) is 43.7 Å². The number of piperidine rings is 2. The Morgan fingerprint density at radius 1 is 1.11 bits per heavy atom. The molecule has 2 aromatic heterocycles. The van der Waals surface area contributed by atoms with Crippen LogP contribution >= 0.6 is 11.3 Å². The van der Waals surface area contributed by atoms with Gasteiger partial charge in [0.2, 0.25) is 5.91 Å². The Morgan fingerprint density at radius 2 is 1.79 bits per heavy atom. The zero-order chi connectivity index (χ0) is 19.8. The molecule has 0 aromatic carbocycles. The van der Waals surface area contributed by atoms with E-state index in [1.54, 1.807) is 11.3 Å². The summed E-state index contributed by atoms with van der Waals surface area (Å²) in [6.07, 6.45) is 2.78. The SMILES string of the molecule is CCn1c(C(=O)N2CCC(C(=O)N3C[C@@H](C)C[C@H](C)C3)CC2)cc2sccc21. The monoisotopic (exact) mass is 401 g/mol. The number of hydrogen-bond acceptors (Lipinski definition) is 3. The number of aromatic nitrogens is 1. The maximum atomic E-state index is 13.1. The minimum atomic E-state index is 0.0722. The highest BCUT2D eigenvalue weighted by Gasteiger charge is 2.34. The summed E-state index contributed by atoms with van der Waals surface area (Å²) >= 11 is 1.68. The number of nitrogens with zero attached hydrogens (tertiary/aromatic N) is 3. The zero-order valence-electron chi connectivity index (χ0n) is 17.2. The molecule has 2 aliphatic rings. The summed E-state index contributed by atoms with van der Waals surface area (Å²) in [5.41, 5.74) is 1.93. The van der Waals surface area contributed by atoms with Gasteiger partial charge in [-0.25, -0.2) is 0 Å². The first-order chi connectivity index (χ1) is 13.5. The van der Waals surface area contributed by atoms with E-state index in [-0.39, 0.29) is 11.8 Å². The van der Waals surface area contributed by atoms with Crippen molar-refractivity contribution in [3.8, 4) is 0 Å². The molecule has 0 spiro atoms. The summed E-state index contributed by atoms with van der Waals surface area (Å²) in [7, 11) is 0. The van der Waals surface area contributed by atoms with Gasteiger partial charge in [0.15, 0.2) is 0 Å². The largest absolute Gasteiger partial charge is 0.342 e. The zero-order valence-corrected chi connectivity index (χ0v) is 18.0. The van der Waals surface area contributed by atoms with Gasteiger partial charge in [0.25, 0.3) is 5.91 Å². The van der Waals surface area contributed by atoms with Gasteiger partial charge >= 0.3 is 0 Å². The van der Waals surface area contributed by atoms with Crippen molar-refractivity contribution < 1.29 is 9.59 Å². The lowest BCUT2D eigenvalue weighted by Crippen LogP contribution is -2.48. The standard InChI is InChI=1S/C22H31N3O2S/c1-4-25-18-7-10-28-20(18)12-19(25)22(27)23-8-5-17(6-9-23)21(26)24-13-15(2)11-16(3)14-24/h7,10,12,15-17H,4-6,8-9,11,13-14H2,1-3H3/t15-,16-/m0/s1. The molecule has 0 radical (unpaired) electrons. The molecule has 28 heavy (non-hydrogen) atoms. The van der Waals surface area contributed by atoms with Crippen molar-refractivity contribution in [3.05, 3.63) is 23.2 Å². The van der Waals surface area contributed by atoms with Crippen LogP contribution in [-0.2, 0) is 11.3 Å². The Labute approximate surface area is 171 Å². The first kappa shape index (κ1) is 19.5. The number of carbonyl (C=O) groups excluding carboxylic acids is 2. The Kier molecular flexibility index (Phi) is 5.50. The average Bonchev–Trinajstić information content (AvgIpc) is 3.27. The smallest absolute Gasteiger partial charge is 0.270 e. The summed E-state index contributed by atoms with van der Waals surface area (Å²) in [5, 5.41) is 2.07. The van der Waals surface area contributed by atoms with Crippen molar-refractivity contribution in [3.63, 3.8) is 0 Å². The molecule has 4 rings (SSSR count). The molecule has 5 nitrogen and oxygen atoms in total. The number of fused-ring (bicyclic) bond motifs is 1. The fraction of sp³-hybridized carbons (Fsp3) is 0.636. The molecule has 2 fully saturated rings. The lowest BCUT2D eigenvalue weighted by Gasteiger charge is -2.39.